The molecule has 5 heavy (non-hydrogen) atoms. The van der Waals surface area contributed by atoms with Gasteiger partial charge in [0.15, 0.2) is 0 Å². The standard InChI is InChI=1S/C3H10N2/c1-5-3-2-4/h5H,2-4H2,1H3/p+1. The van der Waals surface area contributed by atoms with Gasteiger partial charge in [0.1, 0.15) is 0 Å². The molecule has 0 aliphatic heterocycles. The van der Waals surface area contributed by atoms with Gasteiger partial charge < -0.3 is 11.1 Å². The highest BCUT2D eigenvalue weighted by Crippen LogP contribution is 1.22. The van der Waals surface area contributed by atoms with Gasteiger partial charge in [0.2, 0.25) is 0 Å². The fraction of sp³-hybridized carbons (Fsp3) is 1.00. The Bertz CT molecular complexity index is 12.4. The van der Waals surface area contributed by atoms with Crippen molar-refractivity contribution in [2.75, 3.05) is 20.1 Å². The van der Waals surface area contributed by atoms with Crippen LogP contribution in [-0.4, -0.2) is 20.1 Å². The number of likely N-dealkylation sites (N-methyl/N-ethyl adjacent to an activating group) is 1. The summed E-state index contributed by atoms with van der Waals surface area (Å²) in [4.78, 5) is 0. The molecule has 0 rings (SSSR count). The quantitative estimate of drug-likeness (QED) is 0.397. The van der Waals surface area contributed by atoms with Gasteiger partial charge in [0, 0.05) is 6.54 Å². The van der Waals surface area contributed by atoms with Crippen LogP contribution in [0.25, 0.3) is 0 Å². The van der Waals surface area contributed by atoms with Crippen molar-refractivity contribution in [3.63, 3.8) is 0 Å². The second kappa shape index (κ2) is 3.92. The van der Waals surface area contributed by atoms with Gasteiger partial charge in [-0.15, -0.1) is 0 Å². The molecule has 0 aromatic carbocycles. The molecule has 0 aromatic rings. The lowest BCUT2D eigenvalue weighted by Crippen LogP contribution is -2.81. The molecular weight excluding hydrogens is 64.0 g/mol. The van der Waals surface area contributed by atoms with Gasteiger partial charge in [-0.25, -0.2) is 0 Å². The molecule has 0 amide bonds. The molecule has 2 heteroatoms. The van der Waals surface area contributed by atoms with Crippen LogP contribution in [0.3, 0.4) is 0 Å². The van der Waals surface area contributed by atoms with Crippen LogP contribution in [-0.2, 0) is 0 Å². The molecule has 0 unspecified atom stereocenters. The van der Waals surface area contributed by atoms with E-state index in [0.29, 0.717) is 0 Å². The van der Waals surface area contributed by atoms with Crippen molar-refractivity contribution in [2.24, 2.45) is 5.73 Å². The molecular formula is C3H11N2+. The summed E-state index contributed by atoms with van der Waals surface area (Å²) < 4.78 is 0. The van der Waals surface area contributed by atoms with Gasteiger partial charge in [-0.05, 0) is 0 Å². The van der Waals surface area contributed by atoms with E-state index in [0.717, 1.165) is 13.1 Å². The van der Waals surface area contributed by atoms with E-state index in [1.807, 2.05) is 7.05 Å². The van der Waals surface area contributed by atoms with Crippen LogP contribution in [0.2, 0.25) is 0 Å². The number of hydrogen-bond donors (Lipinski definition) is 2. The Morgan fingerprint density at radius 1 is 1.80 bits per heavy atom. The molecule has 4 N–H and O–H groups in total. The van der Waals surface area contributed by atoms with Crippen LogP contribution in [0.1, 0.15) is 0 Å². The van der Waals surface area contributed by atoms with Crippen LogP contribution < -0.4 is 11.1 Å². The number of rotatable bonds is 2. The van der Waals surface area contributed by atoms with Crippen LogP contribution in [0.5, 0.6) is 0 Å². The second-order valence-electron chi connectivity index (χ2n) is 0.986. The van der Waals surface area contributed by atoms with E-state index in [2.05, 4.69) is 5.32 Å². The minimum absolute atomic E-state index is 0.788. The van der Waals surface area contributed by atoms with E-state index in [-0.39, 0.29) is 0 Å². The maximum atomic E-state index is 5.11. The number of nitrogens with two attached hydrogens (primary N) is 2. The lowest BCUT2D eigenvalue weighted by atomic mass is 10.7. The highest BCUT2D eigenvalue weighted by molar-refractivity contribution is 4.17. The van der Waals surface area contributed by atoms with E-state index in [1.165, 1.54) is 0 Å². The molecule has 2 nitrogen and oxygen atoms in total. The van der Waals surface area contributed by atoms with E-state index >= 15 is 0 Å². The molecule has 0 heterocycles. The van der Waals surface area contributed by atoms with Crippen LogP contribution in [0.15, 0.2) is 0 Å². The van der Waals surface area contributed by atoms with Gasteiger partial charge in [-0.3, -0.25) is 0 Å². The predicted molar refractivity (Wildman–Crippen MR) is 21.8 cm³/mol. The van der Waals surface area contributed by atoms with Crippen LogP contribution in [0.4, 0.5) is 0 Å². The Labute approximate surface area is 32.4 Å². The number of hydrogen-bond acceptors (Lipinski definition) is 1. The fourth-order valence-electron chi connectivity index (χ4n) is 0.167. The Morgan fingerprint density at radius 3 is 2.40 bits per heavy atom. The lowest BCUT2D eigenvalue weighted by Gasteiger charge is -1.82. The third kappa shape index (κ3) is 3.92. The summed E-state index contributed by atoms with van der Waals surface area (Å²) in [5.41, 5.74) is 5.11. The molecule has 0 fully saturated rings. The third-order valence-electron chi connectivity index (χ3n) is 0.455. The van der Waals surface area contributed by atoms with Crippen molar-refractivity contribution < 1.29 is 5.32 Å². The van der Waals surface area contributed by atoms with E-state index in [9.17, 15) is 0 Å². The first kappa shape index (κ1) is 4.92. The Morgan fingerprint density at radius 2 is 2.40 bits per heavy atom. The van der Waals surface area contributed by atoms with Gasteiger partial charge in [-0.1, -0.05) is 0 Å². The van der Waals surface area contributed by atoms with Crippen molar-refractivity contribution in [2.45, 2.75) is 0 Å². The molecule has 0 bridgehead atoms. The average Bonchev–Trinajstić information content (AvgIpc) is 1.41. The zero-order chi connectivity index (χ0) is 4.12. The first-order valence-electron chi connectivity index (χ1n) is 1.89. The molecule has 0 aliphatic rings. The second-order valence-corrected chi connectivity index (χ2v) is 0.986. The Kier molecular flexibility index (Phi) is 3.86. The van der Waals surface area contributed by atoms with Crippen molar-refractivity contribution in [3.8, 4) is 0 Å². The largest absolute Gasteiger partial charge is 0.348 e. The normalized spacial score (nSPS) is 8.40. The summed E-state index contributed by atoms with van der Waals surface area (Å²) in [6, 6.07) is 0. The molecule has 0 spiro atoms. The molecule has 0 aromatic heterocycles. The summed E-state index contributed by atoms with van der Waals surface area (Å²) in [5.74, 6) is 0. The van der Waals surface area contributed by atoms with Gasteiger partial charge in [0.25, 0.3) is 0 Å². The maximum Gasteiger partial charge on any atom is 0.0878 e. The minimum Gasteiger partial charge on any atom is -0.348 e. The zero-order valence-corrected chi connectivity index (χ0v) is 3.57. The molecule has 0 saturated heterocycles. The zero-order valence-electron chi connectivity index (χ0n) is 3.57. The SMILES string of the molecule is C[NH2+]CCN. The average molecular weight is 75.1 g/mol. The molecule has 0 saturated carbocycles. The highest BCUT2D eigenvalue weighted by Gasteiger charge is 1.68. The smallest absolute Gasteiger partial charge is 0.0878 e. The number of quaternary nitrogens is 1. The first-order valence-corrected chi connectivity index (χ1v) is 1.89. The Balaban J connectivity index is 2.19. The Hall–Kier alpha value is -0.0800. The lowest BCUT2D eigenvalue weighted by molar-refractivity contribution is -0.624. The summed E-state index contributed by atoms with van der Waals surface area (Å²) >= 11 is 0. The summed E-state index contributed by atoms with van der Waals surface area (Å²) in [6.45, 7) is 1.83. The van der Waals surface area contributed by atoms with Crippen LogP contribution >= 0.6 is 0 Å². The van der Waals surface area contributed by atoms with Crippen molar-refractivity contribution in [1.82, 2.24) is 0 Å². The summed E-state index contributed by atoms with van der Waals surface area (Å²) in [7, 11) is 2.01. The van der Waals surface area contributed by atoms with Crippen LogP contribution in [0, 0.1) is 0 Å². The maximum absolute atomic E-state index is 5.11. The monoisotopic (exact) mass is 75.1 g/mol. The summed E-state index contributed by atoms with van der Waals surface area (Å²) in [6.07, 6.45) is 0. The predicted octanol–water partition coefficient (Wildman–Crippen LogP) is -1.86. The summed E-state index contributed by atoms with van der Waals surface area (Å²) in [5, 5.41) is 2.06. The van der Waals surface area contributed by atoms with Crippen molar-refractivity contribution >= 4 is 0 Å². The minimum atomic E-state index is 0.788. The molecule has 0 atom stereocenters. The third-order valence-corrected chi connectivity index (χ3v) is 0.455. The van der Waals surface area contributed by atoms with Gasteiger partial charge >= 0.3 is 0 Å². The van der Waals surface area contributed by atoms with E-state index < -0.39 is 0 Å². The highest BCUT2D eigenvalue weighted by atomic mass is 14.8. The fourth-order valence-corrected chi connectivity index (χ4v) is 0.167. The van der Waals surface area contributed by atoms with Crippen molar-refractivity contribution in [3.05, 3.63) is 0 Å². The van der Waals surface area contributed by atoms with E-state index in [1.54, 1.807) is 0 Å². The van der Waals surface area contributed by atoms with Crippen molar-refractivity contribution in [1.29, 1.82) is 0 Å². The topological polar surface area (TPSA) is 42.6 Å². The molecule has 0 aliphatic carbocycles. The molecule has 32 valence electrons. The van der Waals surface area contributed by atoms with Gasteiger partial charge in [0.05, 0.1) is 13.6 Å². The van der Waals surface area contributed by atoms with Gasteiger partial charge in [-0.2, -0.15) is 0 Å². The first-order chi connectivity index (χ1) is 2.41. The molecule has 0 radical (unpaired) electrons. The van der Waals surface area contributed by atoms with E-state index in [4.69, 9.17) is 5.73 Å².